The van der Waals surface area contributed by atoms with E-state index < -0.39 is 16.1 Å². The van der Waals surface area contributed by atoms with E-state index in [4.69, 9.17) is 11.6 Å². The molecule has 0 unspecified atom stereocenters. The number of carbonyl (C=O) groups excluding carboxylic acids is 3. The molecule has 216 valence electrons. The highest BCUT2D eigenvalue weighted by atomic mass is 35.5. The second-order valence-corrected chi connectivity index (χ2v) is 13.4. The summed E-state index contributed by atoms with van der Waals surface area (Å²) in [6, 6.07) is 2.54. The number of piperazine rings is 1. The van der Waals surface area contributed by atoms with Gasteiger partial charge in [0.1, 0.15) is 6.04 Å². The third-order valence-corrected chi connectivity index (χ3v) is 9.63. The summed E-state index contributed by atoms with van der Waals surface area (Å²) in [6.45, 7) is 7.10. The lowest BCUT2D eigenvalue weighted by atomic mass is 10.1. The van der Waals surface area contributed by atoms with Crippen LogP contribution in [0.25, 0.3) is 6.08 Å². The van der Waals surface area contributed by atoms with Gasteiger partial charge in [-0.3, -0.25) is 14.5 Å². The summed E-state index contributed by atoms with van der Waals surface area (Å²) in [5.41, 5.74) is 0. The van der Waals surface area contributed by atoms with Crippen molar-refractivity contribution in [3.63, 3.8) is 0 Å². The van der Waals surface area contributed by atoms with Crippen LogP contribution in [0.2, 0.25) is 4.34 Å². The van der Waals surface area contributed by atoms with Gasteiger partial charge >= 0.3 is 6.03 Å². The number of nitrogens with one attached hydrogen (secondary N) is 2. The molecule has 0 bridgehead atoms. The topological polar surface area (TPSA) is 122 Å². The molecular weight excluding hydrogens is 564 g/mol. The van der Waals surface area contributed by atoms with Gasteiger partial charge in [0.15, 0.2) is 0 Å². The zero-order valence-corrected chi connectivity index (χ0v) is 24.6. The van der Waals surface area contributed by atoms with Crippen LogP contribution in [0.4, 0.5) is 4.79 Å². The Labute approximate surface area is 239 Å². The second-order valence-electron chi connectivity index (χ2n) is 10.1. The number of halogens is 1. The molecule has 4 heterocycles. The average molecular weight is 601 g/mol. The molecule has 0 radical (unpaired) electrons. The molecule has 4 rings (SSSR count). The molecule has 0 aliphatic carbocycles. The van der Waals surface area contributed by atoms with Crippen LogP contribution in [0, 0.1) is 0 Å². The van der Waals surface area contributed by atoms with Gasteiger partial charge in [-0.1, -0.05) is 11.6 Å². The molecule has 39 heavy (non-hydrogen) atoms. The molecule has 3 aliphatic heterocycles. The quantitative estimate of drug-likeness (QED) is 0.444. The van der Waals surface area contributed by atoms with Crippen molar-refractivity contribution in [3.8, 4) is 0 Å². The predicted octanol–water partition coefficient (Wildman–Crippen LogP) is 1.62. The van der Waals surface area contributed by atoms with Gasteiger partial charge in [0.2, 0.25) is 21.8 Å². The number of likely N-dealkylation sites (tertiary alicyclic amines) is 2. The molecule has 3 fully saturated rings. The van der Waals surface area contributed by atoms with E-state index >= 15 is 0 Å². The largest absolute Gasteiger partial charge is 0.338 e. The molecule has 1 aromatic rings. The fourth-order valence-electron chi connectivity index (χ4n) is 5.32. The molecule has 0 saturated carbocycles. The van der Waals surface area contributed by atoms with Crippen molar-refractivity contribution in [2.45, 2.75) is 44.7 Å². The highest BCUT2D eigenvalue weighted by molar-refractivity contribution is 7.92. The maximum atomic E-state index is 13.3. The number of carbonyl (C=O) groups is 3. The fourth-order valence-corrected chi connectivity index (χ4v) is 7.39. The predicted molar refractivity (Wildman–Crippen MR) is 152 cm³/mol. The van der Waals surface area contributed by atoms with Crippen molar-refractivity contribution in [2.75, 3.05) is 58.9 Å². The van der Waals surface area contributed by atoms with Gasteiger partial charge in [-0.05, 0) is 50.8 Å². The van der Waals surface area contributed by atoms with Crippen molar-refractivity contribution in [1.82, 2.24) is 29.6 Å². The Hall–Kier alpha value is -2.19. The molecule has 1 aromatic heterocycles. The Morgan fingerprint density at radius 1 is 1.10 bits per heavy atom. The zero-order chi connectivity index (χ0) is 28.0. The fraction of sp³-hybridized carbons (Fsp3) is 0.640. The van der Waals surface area contributed by atoms with Crippen LogP contribution in [0.1, 0.15) is 37.5 Å². The Balaban J connectivity index is 1.28. The van der Waals surface area contributed by atoms with Crippen LogP contribution in [0.5, 0.6) is 0 Å². The first-order chi connectivity index (χ1) is 18.6. The van der Waals surface area contributed by atoms with Gasteiger partial charge in [0.05, 0.1) is 10.9 Å². The first-order valence-corrected chi connectivity index (χ1v) is 16.2. The van der Waals surface area contributed by atoms with E-state index in [1.807, 2.05) is 16.7 Å². The Morgan fingerprint density at radius 3 is 2.54 bits per heavy atom. The maximum Gasteiger partial charge on any atom is 0.317 e. The van der Waals surface area contributed by atoms with E-state index in [0.717, 1.165) is 37.9 Å². The number of hydrogen-bond donors (Lipinski definition) is 2. The van der Waals surface area contributed by atoms with Gasteiger partial charge in [0, 0.05) is 68.7 Å². The van der Waals surface area contributed by atoms with Crippen molar-refractivity contribution >= 4 is 56.9 Å². The average Bonchev–Trinajstić information content (AvgIpc) is 3.54. The van der Waals surface area contributed by atoms with E-state index in [1.165, 1.54) is 22.3 Å². The minimum absolute atomic E-state index is 0.0370. The number of urea groups is 1. The number of piperidine rings is 1. The van der Waals surface area contributed by atoms with Crippen LogP contribution < -0.4 is 10.0 Å². The van der Waals surface area contributed by atoms with Crippen molar-refractivity contribution in [1.29, 1.82) is 0 Å². The van der Waals surface area contributed by atoms with Crippen LogP contribution in [0.15, 0.2) is 17.5 Å². The monoisotopic (exact) mass is 600 g/mol. The highest BCUT2D eigenvalue weighted by Gasteiger charge is 2.36. The van der Waals surface area contributed by atoms with E-state index in [-0.39, 0.29) is 30.4 Å². The summed E-state index contributed by atoms with van der Waals surface area (Å²) >= 11 is 7.15. The minimum Gasteiger partial charge on any atom is -0.338 e. The van der Waals surface area contributed by atoms with Crippen LogP contribution in [-0.2, 0) is 19.6 Å². The molecule has 0 aromatic carbocycles. The molecule has 2 atom stereocenters. The van der Waals surface area contributed by atoms with Gasteiger partial charge in [0.25, 0.3) is 0 Å². The number of nitrogens with zero attached hydrogens (tertiary/aromatic N) is 4. The minimum atomic E-state index is -3.85. The number of amides is 4. The van der Waals surface area contributed by atoms with Gasteiger partial charge in [-0.2, -0.15) is 4.72 Å². The SMILES string of the molecule is CCNC(=O)N1CCN(C[C@@H]2CCCN2C(=O)CN2CCC[C@H](NS(=O)(=O)C=Cc3ccc(Cl)s3)C2=O)CC1. The maximum absolute atomic E-state index is 13.3. The number of sulfonamides is 1. The second kappa shape index (κ2) is 13.4. The number of rotatable bonds is 9. The highest BCUT2D eigenvalue weighted by Crippen LogP contribution is 2.23. The molecule has 3 saturated heterocycles. The number of hydrogen-bond acceptors (Lipinski definition) is 7. The van der Waals surface area contributed by atoms with Gasteiger partial charge < -0.3 is 20.0 Å². The summed E-state index contributed by atoms with van der Waals surface area (Å²) in [5.74, 6) is -0.479. The van der Waals surface area contributed by atoms with E-state index in [2.05, 4.69) is 14.9 Å². The zero-order valence-electron chi connectivity index (χ0n) is 22.2. The summed E-state index contributed by atoms with van der Waals surface area (Å²) in [4.78, 5) is 46.6. The molecule has 4 amide bonds. The van der Waals surface area contributed by atoms with Gasteiger partial charge in [-0.15, -0.1) is 11.3 Å². The van der Waals surface area contributed by atoms with Crippen molar-refractivity contribution in [2.24, 2.45) is 0 Å². The lowest BCUT2D eigenvalue weighted by Gasteiger charge is -2.38. The van der Waals surface area contributed by atoms with Crippen molar-refractivity contribution < 1.29 is 22.8 Å². The van der Waals surface area contributed by atoms with Crippen molar-refractivity contribution in [3.05, 3.63) is 26.8 Å². The molecular formula is C25H37ClN6O5S2. The van der Waals surface area contributed by atoms with Crippen LogP contribution >= 0.6 is 22.9 Å². The smallest absolute Gasteiger partial charge is 0.317 e. The third-order valence-electron chi connectivity index (χ3n) is 7.32. The van der Waals surface area contributed by atoms with Gasteiger partial charge in [-0.25, -0.2) is 13.2 Å². The Bertz CT molecular complexity index is 1170. The summed E-state index contributed by atoms with van der Waals surface area (Å²) in [7, 11) is -3.85. The first kappa shape index (κ1) is 29.8. The summed E-state index contributed by atoms with van der Waals surface area (Å²) in [6.07, 6.45) is 4.25. The molecule has 11 nitrogen and oxygen atoms in total. The normalized spacial score (nSPS) is 23.1. The first-order valence-electron chi connectivity index (χ1n) is 13.4. The molecule has 3 aliphatic rings. The Kier molecular flexibility index (Phi) is 10.3. The lowest BCUT2D eigenvalue weighted by molar-refractivity contribution is -0.143. The Morgan fingerprint density at radius 2 is 1.85 bits per heavy atom. The van der Waals surface area contributed by atoms with Crippen LogP contribution in [-0.4, -0.2) is 117 Å². The van der Waals surface area contributed by atoms with E-state index in [0.29, 0.717) is 54.8 Å². The molecule has 2 N–H and O–H groups in total. The molecule has 0 spiro atoms. The van der Waals surface area contributed by atoms with E-state index in [9.17, 15) is 22.8 Å². The summed E-state index contributed by atoms with van der Waals surface area (Å²) in [5, 5.41) is 3.87. The summed E-state index contributed by atoms with van der Waals surface area (Å²) < 4.78 is 28.2. The molecule has 14 heteroatoms. The lowest BCUT2D eigenvalue weighted by Crippen LogP contribution is -2.56. The third kappa shape index (κ3) is 8.16. The standard InChI is InChI=1S/C25H37ClN6O5S2/c1-2-27-25(35)30-14-12-29(13-15-30)17-19-5-3-11-32(19)23(33)18-31-10-4-6-21(24(31)34)28-39(36,37)16-9-20-7-8-22(26)38-20/h7-9,16,19,21,28H,2-6,10-15,17-18H2,1H3,(H,27,35)/t19-,21-/m0/s1. The number of thiophene rings is 1. The van der Waals surface area contributed by atoms with Crippen LogP contribution in [0.3, 0.4) is 0 Å². The van der Waals surface area contributed by atoms with E-state index in [1.54, 1.807) is 12.1 Å².